The topological polar surface area (TPSA) is 21.3 Å². The maximum absolute atomic E-state index is 6.17. The first kappa shape index (κ1) is 15.1. The molecule has 106 valence electrons. The fraction of sp³-hybridized carbons (Fsp3) is 0.600. The number of halogens is 2. The fourth-order valence-corrected chi connectivity index (χ4v) is 3.23. The summed E-state index contributed by atoms with van der Waals surface area (Å²) in [5, 5.41) is 5.04. The van der Waals surface area contributed by atoms with Crippen molar-refractivity contribution >= 4 is 23.2 Å². The van der Waals surface area contributed by atoms with Crippen LogP contribution in [0.4, 0.5) is 0 Å². The second-order valence-corrected chi connectivity index (χ2v) is 5.95. The molecule has 0 spiro atoms. The normalized spacial score (nSPS) is 23.5. The average molecular weight is 302 g/mol. The number of benzene rings is 1. The molecule has 1 aliphatic carbocycles. The highest BCUT2D eigenvalue weighted by molar-refractivity contribution is 6.35. The van der Waals surface area contributed by atoms with Gasteiger partial charge < -0.3 is 10.1 Å². The van der Waals surface area contributed by atoms with Crippen molar-refractivity contribution in [1.29, 1.82) is 0 Å². The lowest BCUT2D eigenvalue weighted by Gasteiger charge is -2.31. The number of hydrogen-bond donors (Lipinski definition) is 1. The molecule has 0 amide bonds. The minimum absolute atomic E-state index is 0.356. The second kappa shape index (κ2) is 7.49. The molecule has 0 heterocycles. The third-order valence-electron chi connectivity index (χ3n) is 3.82. The summed E-state index contributed by atoms with van der Waals surface area (Å²) in [6.07, 6.45) is 6.21. The highest BCUT2D eigenvalue weighted by atomic mass is 35.5. The summed E-state index contributed by atoms with van der Waals surface area (Å²) < 4.78 is 5.54. The Bertz CT molecular complexity index is 411. The van der Waals surface area contributed by atoms with Crippen LogP contribution in [0.5, 0.6) is 0 Å². The lowest BCUT2D eigenvalue weighted by Crippen LogP contribution is -2.43. The van der Waals surface area contributed by atoms with Gasteiger partial charge in [0.05, 0.1) is 6.10 Å². The van der Waals surface area contributed by atoms with Crippen molar-refractivity contribution in [3.63, 3.8) is 0 Å². The van der Waals surface area contributed by atoms with E-state index in [1.54, 1.807) is 13.2 Å². The molecule has 1 aromatic rings. The van der Waals surface area contributed by atoms with Crippen LogP contribution in [-0.4, -0.2) is 25.8 Å². The van der Waals surface area contributed by atoms with E-state index >= 15 is 0 Å². The Kier molecular flexibility index (Phi) is 5.96. The van der Waals surface area contributed by atoms with Crippen LogP contribution >= 0.6 is 23.2 Å². The molecule has 2 unspecified atom stereocenters. The van der Waals surface area contributed by atoms with Crippen LogP contribution in [0.15, 0.2) is 18.2 Å². The highest BCUT2D eigenvalue weighted by Gasteiger charge is 2.23. The van der Waals surface area contributed by atoms with Crippen LogP contribution in [0.1, 0.15) is 31.2 Å². The fourth-order valence-electron chi connectivity index (χ4n) is 2.73. The number of hydrogen-bond acceptors (Lipinski definition) is 2. The molecular weight excluding hydrogens is 281 g/mol. The first-order chi connectivity index (χ1) is 9.20. The number of ether oxygens (including phenoxy) is 1. The Morgan fingerprint density at radius 3 is 2.79 bits per heavy atom. The lowest BCUT2D eigenvalue weighted by molar-refractivity contribution is 0.0421. The molecular formula is C15H21Cl2NO. The van der Waals surface area contributed by atoms with Crippen LogP contribution in [0.2, 0.25) is 10.0 Å². The Labute approximate surface area is 125 Å². The quantitative estimate of drug-likeness (QED) is 0.885. The van der Waals surface area contributed by atoms with Gasteiger partial charge in [0.1, 0.15) is 0 Å². The van der Waals surface area contributed by atoms with Gasteiger partial charge in [-0.3, -0.25) is 0 Å². The van der Waals surface area contributed by atoms with Gasteiger partial charge in [-0.15, -0.1) is 0 Å². The Morgan fingerprint density at radius 1 is 1.26 bits per heavy atom. The molecule has 19 heavy (non-hydrogen) atoms. The predicted molar refractivity (Wildman–Crippen MR) is 81.2 cm³/mol. The molecule has 1 aliphatic rings. The molecule has 1 aromatic carbocycles. The van der Waals surface area contributed by atoms with Gasteiger partial charge >= 0.3 is 0 Å². The summed E-state index contributed by atoms with van der Waals surface area (Å²) in [5.74, 6) is 0. The average Bonchev–Trinajstić information content (AvgIpc) is 2.42. The van der Waals surface area contributed by atoms with Gasteiger partial charge in [-0.2, -0.15) is 0 Å². The van der Waals surface area contributed by atoms with Crippen molar-refractivity contribution in [2.24, 2.45) is 0 Å². The molecule has 0 radical (unpaired) electrons. The molecule has 4 heteroatoms. The maximum Gasteiger partial charge on any atom is 0.0724 e. The van der Waals surface area contributed by atoms with E-state index < -0.39 is 0 Å². The summed E-state index contributed by atoms with van der Waals surface area (Å²) in [6, 6.07) is 6.17. The smallest absolute Gasteiger partial charge is 0.0724 e. The molecule has 0 aliphatic heterocycles. The van der Waals surface area contributed by atoms with Gasteiger partial charge in [0.2, 0.25) is 0 Å². The first-order valence-electron chi connectivity index (χ1n) is 6.91. The Hall–Kier alpha value is -0.280. The molecule has 2 rings (SSSR count). The van der Waals surface area contributed by atoms with E-state index in [-0.39, 0.29) is 0 Å². The van der Waals surface area contributed by atoms with E-state index in [4.69, 9.17) is 27.9 Å². The monoisotopic (exact) mass is 301 g/mol. The van der Waals surface area contributed by atoms with Crippen molar-refractivity contribution in [2.45, 2.75) is 44.2 Å². The molecule has 2 atom stereocenters. The van der Waals surface area contributed by atoms with E-state index in [0.29, 0.717) is 17.2 Å². The summed E-state index contributed by atoms with van der Waals surface area (Å²) in [6.45, 7) is 0.922. The number of methoxy groups -OCH3 is 1. The van der Waals surface area contributed by atoms with Crippen LogP contribution in [0.25, 0.3) is 0 Å². The molecule has 1 N–H and O–H groups in total. The summed E-state index contributed by atoms with van der Waals surface area (Å²) in [7, 11) is 1.81. The van der Waals surface area contributed by atoms with Gasteiger partial charge in [0, 0.05) is 23.2 Å². The van der Waals surface area contributed by atoms with Crippen LogP contribution in [0, 0.1) is 0 Å². The zero-order chi connectivity index (χ0) is 13.7. The predicted octanol–water partition coefficient (Wildman–Crippen LogP) is 4.08. The van der Waals surface area contributed by atoms with Crippen molar-refractivity contribution < 1.29 is 4.74 Å². The van der Waals surface area contributed by atoms with Crippen molar-refractivity contribution in [1.82, 2.24) is 5.32 Å². The van der Waals surface area contributed by atoms with Crippen molar-refractivity contribution in [3.05, 3.63) is 33.8 Å². The summed E-state index contributed by atoms with van der Waals surface area (Å²) in [4.78, 5) is 0. The standard InChI is InChI=1S/C15H21Cl2NO/c1-19-15-5-3-2-4-14(15)18-9-8-11-6-7-12(16)10-13(11)17/h6-7,10,14-15,18H,2-5,8-9H2,1H3. The molecule has 1 fully saturated rings. The number of nitrogens with one attached hydrogen (secondary N) is 1. The minimum Gasteiger partial charge on any atom is -0.380 e. The van der Waals surface area contributed by atoms with Gasteiger partial charge in [-0.25, -0.2) is 0 Å². The molecule has 1 saturated carbocycles. The van der Waals surface area contributed by atoms with Crippen molar-refractivity contribution in [3.8, 4) is 0 Å². The zero-order valence-corrected chi connectivity index (χ0v) is 12.8. The second-order valence-electron chi connectivity index (χ2n) is 5.10. The van der Waals surface area contributed by atoms with Crippen LogP contribution in [0.3, 0.4) is 0 Å². The largest absolute Gasteiger partial charge is 0.380 e. The van der Waals surface area contributed by atoms with Gasteiger partial charge in [-0.05, 0) is 43.5 Å². The molecule has 2 nitrogen and oxygen atoms in total. The highest BCUT2D eigenvalue weighted by Crippen LogP contribution is 2.22. The molecule has 0 saturated heterocycles. The van der Waals surface area contributed by atoms with E-state index in [1.807, 2.05) is 12.1 Å². The zero-order valence-electron chi connectivity index (χ0n) is 11.3. The van der Waals surface area contributed by atoms with E-state index in [1.165, 1.54) is 19.3 Å². The number of rotatable bonds is 5. The molecule has 0 bridgehead atoms. The molecule has 0 aromatic heterocycles. The summed E-state index contributed by atoms with van der Waals surface area (Å²) >= 11 is 12.1. The summed E-state index contributed by atoms with van der Waals surface area (Å²) in [5.41, 5.74) is 1.14. The first-order valence-corrected chi connectivity index (χ1v) is 7.66. The Balaban J connectivity index is 1.82. The van der Waals surface area contributed by atoms with E-state index in [9.17, 15) is 0 Å². The van der Waals surface area contributed by atoms with E-state index in [0.717, 1.165) is 30.0 Å². The third kappa shape index (κ3) is 4.35. The SMILES string of the molecule is COC1CCCCC1NCCc1ccc(Cl)cc1Cl. The minimum atomic E-state index is 0.356. The van der Waals surface area contributed by atoms with Gasteiger partial charge in [0.15, 0.2) is 0 Å². The van der Waals surface area contributed by atoms with Crippen LogP contribution < -0.4 is 5.32 Å². The van der Waals surface area contributed by atoms with Crippen molar-refractivity contribution in [2.75, 3.05) is 13.7 Å². The lowest BCUT2D eigenvalue weighted by atomic mass is 9.92. The van der Waals surface area contributed by atoms with Gasteiger partial charge in [0.25, 0.3) is 0 Å². The maximum atomic E-state index is 6.17. The third-order valence-corrected chi connectivity index (χ3v) is 4.41. The Morgan fingerprint density at radius 2 is 2.05 bits per heavy atom. The van der Waals surface area contributed by atoms with E-state index in [2.05, 4.69) is 5.32 Å². The van der Waals surface area contributed by atoms with Gasteiger partial charge in [-0.1, -0.05) is 42.1 Å². The van der Waals surface area contributed by atoms with Crippen LogP contribution in [-0.2, 0) is 11.2 Å².